The van der Waals surface area contributed by atoms with Gasteiger partial charge in [-0.3, -0.25) is 14.6 Å². The lowest BCUT2D eigenvalue weighted by atomic mass is 9.75. The van der Waals surface area contributed by atoms with Crippen molar-refractivity contribution in [2.75, 3.05) is 4.90 Å². The Kier molecular flexibility index (Phi) is 2.76. The third-order valence-corrected chi connectivity index (χ3v) is 7.16. The third-order valence-electron chi connectivity index (χ3n) is 7.16. The molecule has 5 nitrogen and oxygen atoms in total. The standard InChI is InChI=1S/C21H23N3O2/c1-21(26)13-6-2-3-7-15(13)24-19-14(21)12-18-16-8-4-10-22(16)11-5-9-17(20(24)25)23(18)19/h2-4,6-8,10,14,17-19,26H,5,9,11-12H2,1H3/t14-,17+,18+,19-,21+/m1/s1. The summed E-state index contributed by atoms with van der Waals surface area (Å²) in [6.45, 7) is 2.91. The minimum atomic E-state index is -0.925. The van der Waals surface area contributed by atoms with Crippen LogP contribution < -0.4 is 4.90 Å². The summed E-state index contributed by atoms with van der Waals surface area (Å²) in [5, 5.41) is 11.5. The van der Waals surface area contributed by atoms with E-state index in [2.05, 4.69) is 27.8 Å². The van der Waals surface area contributed by atoms with Gasteiger partial charge < -0.3 is 9.67 Å². The zero-order valence-electron chi connectivity index (χ0n) is 14.9. The molecule has 0 saturated carbocycles. The molecular weight excluding hydrogens is 326 g/mol. The first-order chi connectivity index (χ1) is 12.6. The average molecular weight is 349 g/mol. The fraction of sp³-hybridized carbons (Fsp3) is 0.476. The van der Waals surface area contributed by atoms with E-state index < -0.39 is 5.60 Å². The molecule has 0 unspecified atom stereocenters. The number of nitrogens with zero attached hydrogens (tertiary/aromatic N) is 3. The normalized spacial score (nSPS) is 37.8. The Morgan fingerprint density at radius 2 is 2.00 bits per heavy atom. The quantitative estimate of drug-likeness (QED) is 0.795. The fourth-order valence-electron chi connectivity index (χ4n) is 6.04. The second-order valence-electron chi connectivity index (χ2n) is 8.38. The molecule has 4 aliphatic rings. The van der Waals surface area contributed by atoms with Crippen LogP contribution in [0.3, 0.4) is 0 Å². The molecular formula is C21H23N3O2. The minimum absolute atomic E-state index is 0.0257. The molecule has 1 amide bonds. The highest BCUT2D eigenvalue weighted by Crippen LogP contribution is 2.58. The van der Waals surface area contributed by atoms with Gasteiger partial charge in [0.05, 0.1) is 29.5 Å². The van der Waals surface area contributed by atoms with Crippen LogP contribution >= 0.6 is 0 Å². The maximum absolute atomic E-state index is 13.4. The maximum Gasteiger partial charge on any atom is 0.245 e. The second kappa shape index (κ2) is 4.78. The van der Waals surface area contributed by atoms with Gasteiger partial charge in [-0.1, -0.05) is 18.2 Å². The van der Waals surface area contributed by atoms with Crippen molar-refractivity contribution in [1.82, 2.24) is 9.47 Å². The van der Waals surface area contributed by atoms with E-state index in [4.69, 9.17) is 0 Å². The van der Waals surface area contributed by atoms with Crippen molar-refractivity contribution in [1.29, 1.82) is 0 Å². The number of fused-ring (bicyclic) bond motifs is 4. The number of hydrogen-bond acceptors (Lipinski definition) is 3. The Morgan fingerprint density at radius 1 is 1.15 bits per heavy atom. The van der Waals surface area contributed by atoms with Crippen LogP contribution in [0.1, 0.15) is 43.5 Å². The number of hydrogen-bond donors (Lipinski definition) is 1. The van der Waals surface area contributed by atoms with Crippen LogP contribution in [0.15, 0.2) is 42.6 Å². The number of rotatable bonds is 0. The Morgan fingerprint density at radius 3 is 2.88 bits per heavy atom. The molecule has 4 aliphatic heterocycles. The molecule has 5 heteroatoms. The van der Waals surface area contributed by atoms with E-state index >= 15 is 0 Å². The van der Waals surface area contributed by atoms with Crippen LogP contribution in [-0.2, 0) is 16.9 Å². The molecule has 1 aromatic carbocycles. The molecule has 0 bridgehead atoms. The van der Waals surface area contributed by atoms with Crippen LogP contribution in [0.2, 0.25) is 0 Å². The molecule has 0 radical (unpaired) electrons. The lowest BCUT2D eigenvalue weighted by Crippen LogP contribution is -2.52. The van der Waals surface area contributed by atoms with Crippen LogP contribution in [-0.4, -0.2) is 32.7 Å². The first-order valence-electron chi connectivity index (χ1n) is 9.66. The highest BCUT2D eigenvalue weighted by molar-refractivity contribution is 6.01. The van der Waals surface area contributed by atoms with E-state index in [-0.39, 0.29) is 30.1 Å². The SMILES string of the molecule is C[C@]1(O)c2ccccc2N2C(=O)[C@@H]3CCCn4cccc4[C@@H]4C[C@@H]1[C@@H]2N34. The van der Waals surface area contributed by atoms with E-state index in [1.54, 1.807) is 0 Å². The Labute approximate surface area is 152 Å². The smallest absolute Gasteiger partial charge is 0.245 e. The fourth-order valence-corrected chi connectivity index (χ4v) is 6.04. The predicted molar refractivity (Wildman–Crippen MR) is 97.4 cm³/mol. The Hall–Kier alpha value is -2.11. The van der Waals surface area contributed by atoms with E-state index in [0.29, 0.717) is 0 Å². The molecule has 0 aliphatic carbocycles. The van der Waals surface area contributed by atoms with Crippen molar-refractivity contribution in [3.63, 3.8) is 0 Å². The molecule has 6 rings (SSSR count). The van der Waals surface area contributed by atoms with Gasteiger partial charge in [0.25, 0.3) is 0 Å². The highest BCUT2D eigenvalue weighted by atomic mass is 16.3. The minimum Gasteiger partial charge on any atom is -0.385 e. The number of aromatic nitrogens is 1. The molecule has 1 aromatic heterocycles. The van der Waals surface area contributed by atoms with Crippen molar-refractivity contribution < 1.29 is 9.90 Å². The Balaban J connectivity index is 1.59. The monoisotopic (exact) mass is 349 g/mol. The summed E-state index contributed by atoms with van der Waals surface area (Å²) in [4.78, 5) is 17.8. The summed E-state index contributed by atoms with van der Waals surface area (Å²) in [5.41, 5.74) is 2.15. The lowest BCUT2D eigenvalue weighted by Gasteiger charge is -2.44. The van der Waals surface area contributed by atoms with E-state index in [1.807, 2.05) is 36.1 Å². The predicted octanol–water partition coefficient (Wildman–Crippen LogP) is 2.61. The van der Waals surface area contributed by atoms with Gasteiger partial charge in [-0.25, -0.2) is 0 Å². The maximum atomic E-state index is 13.4. The van der Waals surface area contributed by atoms with Crippen molar-refractivity contribution in [2.45, 2.75) is 56.6 Å². The summed E-state index contributed by atoms with van der Waals surface area (Å²) >= 11 is 0. The van der Waals surface area contributed by atoms with Crippen molar-refractivity contribution in [3.8, 4) is 0 Å². The number of aryl methyl sites for hydroxylation is 1. The van der Waals surface area contributed by atoms with E-state index in [0.717, 1.165) is 37.1 Å². The van der Waals surface area contributed by atoms with Gasteiger partial charge in [-0.15, -0.1) is 0 Å². The van der Waals surface area contributed by atoms with Gasteiger partial charge in [0.15, 0.2) is 0 Å². The summed E-state index contributed by atoms with van der Waals surface area (Å²) in [6, 6.07) is 12.3. The molecule has 2 aromatic rings. The third kappa shape index (κ3) is 1.62. The molecule has 0 spiro atoms. The van der Waals surface area contributed by atoms with Gasteiger partial charge in [-0.2, -0.15) is 0 Å². The number of aliphatic hydroxyl groups is 1. The lowest BCUT2D eigenvalue weighted by molar-refractivity contribution is -0.120. The molecule has 2 saturated heterocycles. The van der Waals surface area contributed by atoms with Gasteiger partial charge >= 0.3 is 0 Å². The largest absolute Gasteiger partial charge is 0.385 e. The molecule has 2 fully saturated rings. The van der Waals surface area contributed by atoms with Crippen LogP contribution in [0.5, 0.6) is 0 Å². The second-order valence-corrected chi connectivity index (χ2v) is 8.38. The summed E-state index contributed by atoms with van der Waals surface area (Å²) in [6.07, 6.45) is 4.89. The van der Waals surface area contributed by atoms with Gasteiger partial charge in [0, 0.05) is 29.9 Å². The number of amides is 1. The number of benzene rings is 1. The van der Waals surface area contributed by atoms with Gasteiger partial charge in [-0.05, 0) is 44.4 Å². The van der Waals surface area contributed by atoms with Crippen molar-refractivity contribution in [3.05, 3.63) is 53.9 Å². The summed E-state index contributed by atoms with van der Waals surface area (Å²) in [7, 11) is 0. The highest BCUT2D eigenvalue weighted by Gasteiger charge is 2.64. The van der Waals surface area contributed by atoms with E-state index in [1.165, 1.54) is 5.69 Å². The Bertz CT molecular complexity index is 917. The van der Waals surface area contributed by atoms with Crippen molar-refractivity contribution in [2.24, 2.45) is 5.92 Å². The van der Waals surface area contributed by atoms with Crippen LogP contribution in [0.4, 0.5) is 5.69 Å². The van der Waals surface area contributed by atoms with Crippen LogP contribution in [0, 0.1) is 5.92 Å². The van der Waals surface area contributed by atoms with E-state index in [9.17, 15) is 9.90 Å². The number of carbonyl (C=O) groups is 1. The van der Waals surface area contributed by atoms with Crippen LogP contribution in [0.25, 0.3) is 0 Å². The zero-order chi connectivity index (χ0) is 17.6. The first kappa shape index (κ1) is 15.0. The first-order valence-corrected chi connectivity index (χ1v) is 9.66. The number of para-hydroxylation sites is 1. The molecule has 5 atom stereocenters. The average Bonchev–Trinajstić information content (AvgIpc) is 3.28. The zero-order valence-corrected chi connectivity index (χ0v) is 14.9. The number of anilines is 1. The molecule has 26 heavy (non-hydrogen) atoms. The van der Waals surface area contributed by atoms with Crippen molar-refractivity contribution >= 4 is 11.6 Å². The topological polar surface area (TPSA) is 48.7 Å². The molecule has 1 N–H and O–H groups in total. The van der Waals surface area contributed by atoms with Gasteiger partial charge in [0.1, 0.15) is 0 Å². The van der Waals surface area contributed by atoms with Gasteiger partial charge in [0.2, 0.25) is 5.91 Å². The number of carbonyl (C=O) groups excluding carboxylic acids is 1. The molecule has 134 valence electrons. The molecule has 5 heterocycles. The summed E-state index contributed by atoms with van der Waals surface area (Å²) < 4.78 is 2.34. The summed E-state index contributed by atoms with van der Waals surface area (Å²) in [5.74, 6) is 0.241.